The number of halogens is 1. The summed E-state index contributed by atoms with van der Waals surface area (Å²) in [6.07, 6.45) is 7.33. The minimum Gasteiger partial charge on any atom is -0.461 e. The number of nitrogens with zero attached hydrogens (tertiary/aromatic N) is 3. The molecule has 0 unspecified atom stereocenters. The molecular formula is C20H21FN4O2S. The Hall–Kier alpha value is -2.61. The monoisotopic (exact) mass is 400 g/mol. The Kier molecular flexibility index (Phi) is 5.76. The molecule has 0 atom stereocenters. The van der Waals surface area contributed by atoms with E-state index >= 15 is 0 Å². The lowest BCUT2D eigenvalue weighted by molar-refractivity contribution is -0.113. The van der Waals surface area contributed by atoms with E-state index in [1.807, 2.05) is 12.1 Å². The average molecular weight is 400 g/mol. The average Bonchev–Trinajstić information content (AvgIpc) is 3.36. The molecule has 0 aliphatic heterocycles. The zero-order valence-corrected chi connectivity index (χ0v) is 16.1. The summed E-state index contributed by atoms with van der Waals surface area (Å²) in [6.45, 7) is 0. The Balaban J connectivity index is 1.50. The number of amides is 1. The summed E-state index contributed by atoms with van der Waals surface area (Å²) in [5.74, 6) is 0.942. The summed E-state index contributed by atoms with van der Waals surface area (Å²) in [5, 5.41) is 12.1. The van der Waals surface area contributed by atoms with Gasteiger partial charge in [0.2, 0.25) is 11.7 Å². The zero-order chi connectivity index (χ0) is 19.3. The molecule has 0 saturated heterocycles. The molecule has 8 heteroatoms. The van der Waals surface area contributed by atoms with Crippen LogP contribution in [0.4, 0.5) is 10.1 Å². The number of aromatic nitrogens is 3. The topological polar surface area (TPSA) is 73.0 Å². The lowest BCUT2D eigenvalue weighted by Gasteiger charge is -2.25. The van der Waals surface area contributed by atoms with Crippen LogP contribution >= 0.6 is 11.8 Å². The number of rotatable bonds is 6. The van der Waals surface area contributed by atoms with Gasteiger partial charge in [0, 0.05) is 11.7 Å². The second kappa shape index (κ2) is 8.60. The van der Waals surface area contributed by atoms with Crippen LogP contribution in [0, 0.1) is 5.82 Å². The standard InChI is InChI=1S/C20H21FN4O2S/c21-14-6-4-7-15(12-14)22-18(26)13-28-20-24-23-19(17-10-5-11-27-17)25(20)16-8-2-1-3-9-16/h4-7,10-12,16H,1-3,8-9,13H2,(H,22,26). The molecule has 6 nitrogen and oxygen atoms in total. The molecule has 2 heterocycles. The van der Waals surface area contributed by atoms with Crippen LogP contribution in [0.3, 0.4) is 0 Å². The smallest absolute Gasteiger partial charge is 0.234 e. The quantitative estimate of drug-likeness (QED) is 0.595. The number of nitrogens with one attached hydrogen (secondary N) is 1. The molecule has 0 radical (unpaired) electrons. The summed E-state index contributed by atoms with van der Waals surface area (Å²) in [4.78, 5) is 12.3. The van der Waals surface area contributed by atoms with E-state index in [0.29, 0.717) is 28.5 Å². The first-order valence-electron chi connectivity index (χ1n) is 9.38. The highest BCUT2D eigenvalue weighted by Gasteiger charge is 2.25. The molecule has 1 aromatic carbocycles. The van der Waals surface area contributed by atoms with Crippen LogP contribution in [-0.2, 0) is 4.79 Å². The molecule has 1 amide bonds. The van der Waals surface area contributed by atoms with Crippen LogP contribution < -0.4 is 5.32 Å². The van der Waals surface area contributed by atoms with E-state index in [1.54, 1.807) is 18.4 Å². The van der Waals surface area contributed by atoms with E-state index in [4.69, 9.17) is 4.42 Å². The van der Waals surface area contributed by atoms with Gasteiger partial charge in [0.05, 0.1) is 12.0 Å². The SMILES string of the molecule is O=C(CSc1nnc(-c2ccco2)n1C1CCCCC1)Nc1cccc(F)c1. The van der Waals surface area contributed by atoms with Crippen molar-refractivity contribution in [3.05, 3.63) is 48.5 Å². The fourth-order valence-corrected chi connectivity index (χ4v) is 4.32. The Labute approximate surface area is 166 Å². The highest BCUT2D eigenvalue weighted by atomic mass is 32.2. The predicted octanol–water partition coefficient (Wildman–Crippen LogP) is 4.91. The summed E-state index contributed by atoms with van der Waals surface area (Å²) in [7, 11) is 0. The lowest BCUT2D eigenvalue weighted by Crippen LogP contribution is -2.17. The molecule has 0 spiro atoms. The number of carbonyl (C=O) groups is 1. The molecule has 146 valence electrons. The third-order valence-corrected chi connectivity index (χ3v) is 5.73. The maximum atomic E-state index is 13.3. The second-order valence-electron chi connectivity index (χ2n) is 6.79. The maximum absolute atomic E-state index is 13.3. The van der Waals surface area contributed by atoms with E-state index < -0.39 is 0 Å². The molecule has 1 saturated carbocycles. The highest BCUT2D eigenvalue weighted by Crippen LogP contribution is 2.35. The number of carbonyl (C=O) groups excluding carboxylic acids is 1. The number of furan rings is 1. The summed E-state index contributed by atoms with van der Waals surface area (Å²) >= 11 is 1.33. The van der Waals surface area contributed by atoms with Gasteiger partial charge in [-0.2, -0.15) is 0 Å². The van der Waals surface area contributed by atoms with Crippen LogP contribution in [-0.4, -0.2) is 26.4 Å². The number of anilines is 1. The van der Waals surface area contributed by atoms with E-state index in [1.165, 1.54) is 43.2 Å². The first kappa shape index (κ1) is 18.7. The van der Waals surface area contributed by atoms with Crippen molar-refractivity contribution in [2.24, 2.45) is 0 Å². The number of hydrogen-bond acceptors (Lipinski definition) is 5. The van der Waals surface area contributed by atoms with Crippen LogP contribution in [0.25, 0.3) is 11.6 Å². The van der Waals surface area contributed by atoms with Gasteiger partial charge >= 0.3 is 0 Å². The normalized spacial score (nSPS) is 14.9. The lowest BCUT2D eigenvalue weighted by atomic mass is 9.95. The van der Waals surface area contributed by atoms with Crippen molar-refractivity contribution >= 4 is 23.4 Å². The Morgan fingerprint density at radius 2 is 2.07 bits per heavy atom. The van der Waals surface area contributed by atoms with E-state index in [9.17, 15) is 9.18 Å². The molecular weight excluding hydrogens is 379 g/mol. The Morgan fingerprint density at radius 1 is 1.21 bits per heavy atom. The largest absolute Gasteiger partial charge is 0.461 e. The van der Waals surface area contributed by atoms with E-state index in [-0.39, 0.29) is 17.5 Å². The highest BCUT2D eigenvalue weighted by molar-refractivity contribution is 7.99. The minimum absolute atomic E-state index is 0.166. The van der Waals surface area contributed by atoms with Gasteiger partial charge in [0.1, 0.15) is 5.82 Å². The molecule has 2 aromatic heterocycles. The summed E-state index contributed by atoms with van der Waals surface area (Å²) in [5.41, 5.74) is 0.440. The second-order valence-corrected chi connectivity index (χ2v) is 7.74. The number of benzene rings is 1. The third kappa shape index (κ3) is 4.27. The van der Waals surface area contributed by atoms with E-state index in [2.05, 4.69) is 20.1 Å². The van der Waals surface area contributed by atoms with Gasteiger partial charge in [-0.05, 0) is 43.2 Å². The van der Waals surface area contributed by atoms with Crippen molar-refractivity contribution in [1.82, 2.24) is 14.8 Å². The molecule has 1 fully saturated rings. The molecule has 1 aliphatic rings. The van der Waals surface area contributed by atoms with Gasteiger partial charge in [-0.25, -0.2) is 4.39 Å². The van der Waals surface area contributed by atoms with Crippen LogP contribution in [0.15, 0.2) is 52.2 Å². The van der Waals surface area contributed by atoms with Gasteiger partial charge in [-0.15, -0.1) is 10.2 Å². The molecule has 1 N–H and O–H groups in total. The minimum atomic E-state index is -0.384. The van der Waals surface area contributed by atoms with Gasteiger partial charge in [-0.3, -0.25) is 9.36 Å². The van der Waals surface area contributed by atoms with Gasteiger partial charge in [0.25, 0.3) is 0 Å². The van der Waals surface area contributed by atoms with Crippen molar-refractivity contribution in [2.75, 3.05) is 11.1 Å². The molecule has 0 bridgehead atoms. The Bertz CT molecular complexity index is 936. The summed E-state index contributed by atoms with van der Waals surface area (Å²) in [6, 6.07) is 9.86. The third-order valence-electron chi connectivity index (χ3n) is 4.79. The van der Waals surface area contributed by atoms with Gasteiger partial charge in [-0.1, -0.05) is 37.1 Å². The van der Waals surface area contributed by atoms with E-state index in [0.717, 1.165) is 12.8 Å². The fourth-order valence-electron chi connectivity index (χ4n) is 3.51. The predicted molar refractivity (Wildman–Crippen MR) is 106 cm³/mol. The van der Waals surface area contributed by atoms with Crippen LogP contribution in [0.5, 0.6) is 0 Å². The Morgan fingerprint density at radius 3 is 2.82 bits per heavy atom. The van der Waals surface area contributed by atoms with Crippen molar-refractivity contribution in [3.8, 4) is 11.6 Å². The van der Waals surface area contributed by atoms with Gasteiger partial charge in [0.15, 0.2) is 10.9 Å². The van der Waals surface area contributed by atoms with Crippen LogP contribution in [0.1, 0.15) is 38.1 Å². The maximum Gasteiger partial charge on any atom is 0.234 e. The van der Waals surface area contributed by atoms with Crippen molar-refractivity contribution in [1.29, 1.82) is 0 Å². The molecule has 3 aromatic rings. The van der Waals surface area contributed by atoms with Gasteiger partial charge < -0.3 is 9.73 Å². The first-order chi connectivity index (χ1) is 13.7. The number of thioether (sulfide) groups is 1. The van der Waals surface area contributed by atoms with Crippen molar-refractivity contribution < 1.29 is 13.6 Å². The van der Waals surface area contributed by atoms with Crippen molar-refractivity contribution in [3.63, 3.8) is 0 Å². The fraction of sp³-hybridized carbons (Fsp3) is 0.350. The zero-order valence-electron chi connectivity index (χ0n) is 15.3. The summed E-state index contributed by atoms with van der Waals surface area (Å²) < 4.78 is 20.9. The molecule has 28 heavy (non-hydrogen) atoms. The molecule has 1 aliphatic carbocycles. The van der Waals surface area contributed by atoms with Crippen molar-refractivity contribution in [2.45, 2.75) is 43.3 Å². The number of hydrogen-bond donors (Lipinski definition) is 1. The van der Waals surface area contributed by atoms with Crippen LogP contribution in [0.2, 0.25) is 0 Å². The molecule has 4 rings (SSSR count). The first-order valence-corrected chi connectivity index (χ1v) is 10.4.